The first-order chi connectivity index (χ1) is 15.0. The first kappa shape index (κ1) is 25.1. The molecular formula is C24H33N3O5. The molecular weight excluding hydrogens is 410 g/mol. The van der Waals surface area contributed by atoms with Crippen molar-refractivity contribution in [1.82, 2.24) is 15.8 Å². The summed E-state index contributed by atoms with van der Waals surface area (Å²) < 4.78 is 5.61. The lowest BCUT2D eigenvalue weighted by Crippen LogP contribution is -2.51. The van der Waals surface area contributed by atoms with Crippen LogP contribution in [0.3, 0.4) is 0 Å². The quantitative estimate of drug-likeness (QED) is 0.450. The summed E-state index contributed by atoms with van der Waals surface area (Å²) in [5.41, 5.74) is 2.64. The molecule has 1 aromatic carbocycles. The zero-order valence-electron chi connectivity index (χ0n) is 19.4. The Morgan fingerprint density at radius 3 is 2.34 bits per heavy atom. The Bertz CT molecular complexity index is 842. The van der Waals surface area contributed by atoms with Crippen molar-refractivity contribution in [2.75, 3.05) is 6.54 Å². The minimum atomic E-state index is -0.786. The van der Waals surface area contributed by atoms with Crippen molar-refractivity contribution in [3.8, 4) is 0 Å². The summed E-state index contributed by atoms with van der Waals surface area (Å²) in [6, 6.07) is 8.93. The summed E-state index contributed by atoms with van der Waals surface area (Å²) in [5, 5.41) is 3.03. The highest BCUT2D eigenvalue weighted by molar-refractivity contribution is 6.03. The van der Waals surface area contributed by atoms with E-state index >= 15 is 0 Å². The van der Waals surface area contributed by atoms with Gasteiger partial charge in [-0.25, -0.2) is 4.79 Å². The van der Waals surface area contributed by atoms with Gasteiger partial charge in [-0.15, -0.1) is 0 Å². The van der Waals surface area contributed by atoms with Crippen LogP contribution < -0.4 is 10.7 Å². The number of imide groups is 1. The number of benzene rings is 1. The Balaban J connectivity index is 2.28. The number of urea groups is 1. The van der Waals surface area contributed by atoms with Gasteiger partial charge >= 0.3 is 12.0 Å². The van der Waals surface area contributed by atoms with Gasteiger partial charge in [-0.2, -0.15) is 5.01 Å². The molecule has 0 radical (unpaired) electrons. The van der Waals surface area contributed by atoms with Gasteiger partial charge < -0.3 is 10.1 Å². The number of esters is 1. The Morgan fingerprint density at radius 2 is 1.81 bits per heavy atom. The predicted octanol–water partition coefficient (Wildman–Crippen LogP) is 3.29. The second kappa shape index (κ2) is 10.9. The summed E-state index contributed by atoms with van der Waals surface area (Å²) >= 11 is 0. The molecule has 8 nitrogen and oxygen atoms in total. The highest BCUT2D eigenvalue weighted by Gasteiger charge is 2.39. The number of carbonyl (C=O) groups excluding carboxylic acids is 4. The van der Waals surface area contributed by atoms with Gasteiger partial charge in [-0.3, -0.25) is 19.8 Å². The zero-order chi connectivity index (χ0) is 23.9. The number of hydrogen-bond donors (Lipinski definition) is 2. The lowest BCUT2D eigenvalue weighted by atomic mass is 9.82. The third kappa shape index (κ3) is 7.51. The molecule has 0 aromatic heterocycles. The maximum atomic E-state index is 13.2. The number of rotatable bonds is 9. The van der Waals surface area contributed by atoms with Gasteiger partial charge in [0.2, 0.25) is 5.91 Å². The molecule has 1 aromatic rings. The topological polar surface area (TPSA) is 105 Å². The monoisotopic (exact) mass is 443 g/mol. The van der Waals surface area contributed by atoms with E-state index in [0.29, 0.717) is 11.4 Å². The standard InChI is InChI=1S/C24H33N3O5/c1-16(2)14-19(21(29)26-27-20(28)15-25-23(27)31)18(22(30)32-24(3,4)5)13-9-12-17-10-7-6-8-11-17/h6-12,16,18-19H,13-15H2,1-5H3,(H,25,31)(H,26,29)/t18-,19+/m0/s1. The highest BCUT2D eigenvalue weighted by atomic mass is 16.6. The third-order valence-corrected chi connectivity index (χ3v) is 4.82. The molecule has 1 heterocycles. The van der Waals surface area contributed by atoms with E-state index in [2.05, 4.69) is 10.7 Å². The molecule has 32 heavy (non-hydrogen) atoms. The fourth-order valence-electron chi connectivity index (χ4n) is 3.41. The van der Waals surface area contributed by atoms with Crippen LogP contribution in [0.2, 0.25) is 0 Å². The number of ether oxygens (including phenoxy) is 1. The Labute approximate surface area is 189 Å². The van der Waals surface area contributed by atoms with Crippen molar-refractivity contribution >= 4 is 29.9 Å². The second-order valence-electron chi connectivity index (χ2n) is 9.29. The molecule has 174 valence electrons. The van der Waals surface area contributed by atoms with Crippen molar-refractivity contribution in [3.63, 3.8) is 0 Å². The van der Waals surface area contributed by atoms with Crippen LogP contribution in [-0.4, -0.2) is 41.0 Å². The van der Waals surface area contributed by atoms with Gasteiger partial charge in [-0.1, -0.05) is 56.3 Å². The highest BCUT2D eigenvalue weighted by Crippen LogP contribution is 2.28. The lowest BCUT2D eigenvalue weighted by Gasteiger charge is -2.29. The molecule has 2 atom stereocenters. The van der Waals surface area contributed by atoms with E-state index in [1.807, 2.05) is 56.3 Å². The van der Waals surface area contributed by atoms with Crippen LogP contribution in [-0.2, 0) is 19.1 Å². The zero-order valence-corrected chi connectivity index (χ0v) is 19.4. The van der Waals surface area contributed by atoms with Crippen LogP contribution in [0.5, 0.6) is 0 Å². The van der Waals surface area contributed by atoms with Crippen LogP contribution >= 0.6 is 0 Å². The lowest BCUT2D eigenvalue weighted by molar-refractivity contribution is -0.164. The van der Waals surface area contributed by atoms with E-state index in [0.717, 1.165) is 5.56 Å². The molecule has 2 N–H and O–H groups in total. The molecule has 0 unspecified atom stereocenters. The third-order valence-electron chi connectivity index (χ3n) is 4.82. The first-order valence-electron chi connectivity index (χ1n) is 10.8. The van der Waals surface area contributed by atoms with Crippen LogP contribution in [0, 0.1) is 17.8 Å². The largest absolute Gasteiger partial charge is 0.460 e. The van der Waals surface area contributed by atoms with Crippen molar-refractivity contribution in [1.29, 1.82) is 0 Å². The predicted molar refractivity (Wildman–Crippen MR) is 121 cm³/mol. The summed E-state index contributed by atoms with van der Waals surface area (Å²) in [6.45, 7) is 9.02. The molecule has 1 aliphatic rings. The van der Waals surface area contributed by atoms with E-state index in [-0.39, 0.29) is 18.9 Å². The fourth-order valence-corrected chi connectivity index (χ4v) is 3.41. The molecule has 4 amide bonds. The maximum Gasteiger partial charge on any atom is 0.343 e. The van der Waals surface area contributed by atoms with Gasteiger partial charge in [-0.05, 0) is 45.1 Å². The molecule has 0 aliphatic carbocycles. The molecule has 1 aliphatic heterocycles. The number of nitrogens with zero attached hydrogens (tertiary/aromatic N) is 1. The minimum Gasteiger partial charge on any atom is -0.460 e. The molecule has 2 rings (SSSR count). The maximum absolute atomic E-state index is 13.2. The molecule has 0 bridgehead atoms. The fraction of sp³-hybridized carbons (Fsp3) is 0.500. The smallest absolute Gasteiger partial charge is 0.343 e. The van der Waals surface area contributed by atoms with Gasteiger partial charge in [0.1, 0.15) is 12.1 Å². The van der Waals surface area contributed by atoms with Crippen LogP contribution in [0.15, 0.2) is 36.4 Å². The van der Waals surface area contributed by atoms with Crippen molar-refractivity contribution in [2.24, 2.45) is 17.8 Å². The van der Waals surface area contributed by atoms with Crippen LogP contribution in [0.1, 0.15) is 53.0 Å². The molecule has 8 heteroatoms. The summed E-state index contributed by atoms with van der Waals surface area (Å²) in [7, 11) is 0. The van der Waals surface area contributed by atoms with Crippen molar-refractivity contribution in [3.05, 3.63) is 42.0 Å². The molecule has 0 spiro atoms. The van der Waals surface area contributed by atoms with E-state index in [1.54, 1.807) is 20.8 Å². The summed E-state index contributed by atoms with van der Waals surface area (Å²) in [6.07, 6.45) is 4.39. The van der Waals surface area contributed by atoms with Crippen molar-refractivity contribution < 1.29 is 23.9 Å². The molecule has 1 fully saturated rings. The van der Waals surface area contributed by atoms with Crippen LogP contribution in [0.25, 0.3) is 6.08 Å². The Morgan fingerprint density at radius 1 is 1.16 bits per heavy atom. The summed E-state index contributed by atoms with van der Waals surface area (Å²) in [5.74, 6) is -3.08. The van der Waals surface area contributed by atoms with Crippen molar-refractivity contribution in [2.45, 2.75) is 53.1 Å². The van der Waals surface area contributed by atoms with Gasteiger partial charge in [0, 0.05) is 0 Å². The van der Waals surface area contributed by atoms with E-state index in [9.17, 15) is 19.2 Å². The second-order valence-corrected chi connectivity index (χ2v) is 9.29. The number of allylic oxidation sites excluding steroid dienone is 1. The molecule has 1 saturated heterocycles. The van der Waals surface area contributed by atoms with Gasteiger partial charge in [0.15, 0.2) is 0 Å². The van der Waals surface area contributed by atoms with E-state index in [4.69, 9.17) is 4.74 Å². The Hall–Kier alpha value is -3.16. The molecule has 0 saturated carbocycles. The van der Waals surface area contributed by atoms with Gasteiger partial charge in [0.25, 0.3) is 5.91 Å². The number of carbonyl (C=O) groups is 4. The minimum absolute atomic E-state index is 0.0943. The van der Waals surface area contributed by atoms with Gasteiger partial charge in [0.05, 0.1) is 11.8 Å². The normalized spacial score (nSPS) is 16.2. The Kier molecular flexibility index (Phi) is 8.57. The van der Waals surface area contributed by atoms with E-state index in [1.165, 1.54) is 0 Å². The number of hydrazine groups is 1. The number of nitrogens with one attached hydrogen (secondary N) is 2. The number of amides is 4. The number of hydrogen-bond acceptors (Lipinski definition) is 5. The average Bonchev–Trinajstić information content (AvgIpc) is 3.01. The van der Waals surface area contributed by atoms with Crippen LogP contribution in [0.4, 0.5) is 4.79 Å². The first-order valence-corrected chi connectivity index (χ1v) is 10.8. The summed E-state index contributed by atoms with van der Waals surface area (Å²) in [4.78, 5) is 50.0. The average molecular weight is 444 g/mol. The SMILES string of the molecule is CC(C)C[C@@H](C(=O)NN1C(=O)CNC1=O)[C@H](CC=Cc1ccccc1)C(=O)OC(C)(C)C. The van der Waals surface area contributed by atoms with E-state index < -0.39 is 41.3 Å².